The third-order valence-electron chi connectivity index (χ3n) is 16.0. The number of unbranched alkanes of at least 4 members (excludes halogenated alkanes) is 8. The highest BCUT2D eigenvalue weighted by Crippen LogP contribution is 2.47. The lowest BCUT2D eigenvalue weighted by molar-refractivity contribution is 0.0368. The number of hydrogen-bond donors (Lipinski definition) is 0. The van der Waals surface area contributed by atoms with Crippen LogP contribution in [-0.4, -0.2) is 13.2 Å². The van der Waals surface area contributed by atoms with E-state index in [1.165, 1.54) is 218 Å². The first-order valence-corrected chi connectivity index (χ1v) is 24.7. The number of hydrogen-bond acceptors (Lipinski definition) is 1. The van der Waals surface area contributed by atoms with E-state index >= 15 is 0 Å². The molecular formula is C50H94O. The van der Waals surface area contributed by atoms with Crippen molar-refractivity contribution >= 4 is 0 Å². The Bertz CT molecular complexity index is 722. The summed E-state index contributed by atoms with van der Waals surface area (Å²) in [5.41, 5.74) is 0. The molecule has 0 saturated heterocycles. The zero-order valence-corrected chi connectivity index (χ0v) is 35.6. The van der Waals surface area contributed by atoms with Crippen LogP contribution in [0.25, 0.3) is 0 Å². The molecule has 4 fully saturated rings. The van der Waals surface area contributed by atoms with E-state index in [1.54, 1.807) is 0 Å². The minimum Gasteiger partial charge on any atom is -0.381 e. The van der Waals surface area contributed by atoms with Gasteiger partial charge in [-0.15, -0.1) is 0 Å². The molecule has 0 spiro atoms. The fourth-order valence-corrected chi connectivity index (χ4v) is 12.8. The standard InChI is InChI=1S/C50H94O/c1-5-9-11-13-15-19-43-25-33-47(34-26-43)49(45-29-21-41(17-7-3)22-30-45)37-39-51-40-38-50(46-31-23-42(18-8-4)24-32-46)48-35-27-44(28-36-48)20-16-14-12-10-6-2/h41-50H,5-40H2,1-4H3/t41-,42-,43-,44-,45-,46-,47-,48-,49?,50?. The van der Waals surface area contributed by atoms with Crippen molar-refractivity contribution in [3.05, 3.63) is 0 Å². The van der Waals surface area contributed by atoms with E-state index in [2.05, 4.69) is 27.7 Å². The lowest BCUT2D eigenvalue weighted by Crippen LogP contribution is -2.32. The summed E-state index contributed by atoms with van der Waals surface area (Å²) >= 11 is 0. The van der Waals surface area contributed by atoms with Crippen molar-refractivity contribution in [3.63, 3.8) is 0 Å². The van der Waals surface area contributed by atoms with Gasteiger partial charge in [-0.1, -0.05) is 182 Å². The van der Waals surface area contributed by atoms with Gasteiger partial charge in [-0.3, -0.25) is 0 Å². The molecule has 2 atom stereocenters. The van der Waals surface area contributed by atoms with E-state index in [1.807, 2.05) is 0 Å². The van der Waals surface area contributed by atoms with Crippen molar-refractivity contribution in [1.29, 1.82) is 0 Å². The summed E-state index contributed by atoms with van der Waals surface area (Å²) in [5, 5.41) is 0. The molecule has 0 bridgehead atoms. The summed E-state index contributed by atoms with van der Waals surface area (Å²) in [4.78, 5) is 0. The Hall–Kier alpha value is -0.0400. The molecule has 0 N–H and O–H groups in total. The van der Waals surface area contributed by atoms with Crippen molar-refractivity contribution in [1.82, 2.24) is 0 Å². The summed E-state index contributed by atoms with van der Waals surface area (Å²) in [6, 6.07) is 0. The van der Waals surface area contributed by atoms with Crippen LogP contribution in [0.15, 0.2) is 0 Å². The van der Waals surface area contributed by atoms with Crippen LogP contribution >= 0.6 is 0 Å². The SMILES string of the molecule is CCCCCCC[C@H]1CC[C@H](C(CCOCCC([C@H]2CC[C@H](CCC)CC2)[C@H]2CC[C@H](CCCCCCC)CC2)[C@H]2CC[C@H](CCC)CC2)CC1. The van der Waals surface area contributed by atoms with Crippen molar-refractivity contribution in [2.75, 3.05) is 13.2 Å². The average Bonchev–Trinajstić information content (AvgIpc) is 3.16. The Morgan fingerprint density at radius 3 is 0.922 bits per heavy atom. The Morgan fingerprint density at radius 2 is 0.627 bits per heavy atom. The highest BCUT2D eigenvalue weighted by molar-refractivity contribution is 4.87. The van der Waals surface area contributed by atoms with Gasteiger partial charge >= 0.3 is 0 Å². The van der Waals surface area contributed by atoms with E-state index in [0.29, 0.717) is 0 Å². The lowest BCUT2D eigenvalue weighted by atomic mass is 9.65. The minimum atomic E-state index is 0.944. The van der Waals surface area contributed by atoms with Crippen LogP contribution < -0.4 is 0 Å². The summed E-state index contributed by atoms with van der Waals surface area (Å²) in [6.45, 7) is 11.6. The Labute approximate surface area is 322 Å². The smallest absolute Gasteiger partial charge is 0.0468 e. The quantitative estimate of drug-likeness (QED) is 0.0812. The van der Waals surface area contributed by atoms with Gasteiger partial charge in [0.15, 0.2) is 0 Å². The molecule has 2 unspecified atom stereocenters. The molecule has 1 heteroatoms. The molecule has 51 heavy (non-hydrogen) atoms. The first kappa shape index (κ1) is 43.7. The lowest BCUT2D eigenvalue weighted by Gasteiger charge is -2.41. The molecule has 0 aromatic rings. The van der Waals surface area contributed by atoms with Gasteiger partial charge in [0.1, 0.15) is 0 Å². The van der Waals surface area contributed by atoms with Crippen molar-refractivity contribution in [2.24, 2.45) is 59.2 Å². The van der Waals surface area contributed by atoms with Gasteiger partial charge in [0, 0.05) is 13.2 Å². The van der Waals surface area contributed by atoms with Crippen LogP contribution in [0.3, 0.4) is 0 Å². The first-order chi connectivity index (χ1) is 25.1. The van der Waals surface area contributed by atoms with E-state index < -0.39 is 0 Å². The molecule has 4 rings (SSSR count). The van der Waals surface area contributed by atoms with E-state index in [9.17, 15) is 0 Å². The Kier molecular flexibility index (Phi) is 22.9. The molecule has 0 aromatic carbocycles. The highest BCUT2D eigenvalue weighted by Gasteiger charge is 2.36. The largest absolute Gasteiger partial charge is 0.381 e. The Balaban J connectivity index is 1.25. The van der Waals surface area contributed by atoms with E-state index in [4.69, 9.17) is 4.74 Å². The predicted octanol–water partition coefficient (Wildman–Crippen LogP) is 16.6. The van der Waals surface area contributed by atoms with Crippen LogP contribution in [0, 0.1) is 59.2 Å². The molecule has 1 nitrogen and oxygen atoms in total. The van der Waals surface area contributed by atoms with Crippen LogP contribution in [0.4, 0.5) is 0 Å². The maximum Gasteiger partial charge on any atom is 0.0468 e. The van der Waals surface area contributed by atoms with Gasteiger partial charge in [0.25, 0.3) is 0 Å². The molecule has 4 aliphatic carbocycles. The van der Waals surface area contributed by atoms with Gasteiger partial charge in [-0.25, -0.2) is 0 Å². The predicted molar refractivity (Wildman–Crippen MR) is 225 cm³/mol. The van der Waals surface area contributed by atoms with Crippen LogP contribution in [0.2, 0.25) is 0 Å². The normalized spacial score (nSPS) is 31.8. The summed E-state index contributed by atoms with van der Waals surface area (Å²) in [5.74, 6) is 9.99. The fourth-order valence-electron chi connectivity index (χ4n) is 12.8. The molecule has 0 amide bonds. The van der Waals surface area contributed by atoms with Crippen molar-refractivity contribution in [3.8, 4) is 0 Å². The summed E-state index contributed by atoms with van der Waals surface area (Å²) in [6.07, 6.45) is 50.5. The first-order valence-electron chi connectivity index (χ1n) is 24.7. The Morgan fingerprint density at radius 1 is 0.333 bits per heavy atom. The van der Waals surface area contributed by atoms with Crippen molar-refractivity contribution < 1.29 is 4.74 Å². The zero-order valence-electron chi connectivity index (χ0n) is 35.6. The molecule has 0 aromatic heterocycles. The topological polar surface area (TPSA) is 9.23 Å². The van der Waals surface area contributed by atoms with Crippen molar-refractivity contribution in [2.45, 2.75) is 246 Å². The molecular weight excluding hydrogens is 617 g/mol. The maximum absolute atomic E-state index is 6.79. The molecule has 0 aliphatic heterocycles. The van der Waals surface area contributed by atoms with Crippen LogP contribution in [-0.2, 0) is 4.74 Å². The second-order valence-corrected chi connectivity index (χ2v) is 19.6. The fraction of sp³-hybridized carbons (Fsp3) is 1.00. The van der Waals surface area contributed by atoms with Gasteiger partial charge in [0.05, 0.1) is 0 Å². The zero-order chi connectivity index (χ0) is 35.9. The minimum absolute atomic E-state index is 0.944. The summed E-state index contributed by atoms with van der Waals surface area (Å²) in [7, 11) is 0. The molecule has 300 valence electrons. The van der Waals surface area contributed by atoms with E-state index in [-0.39, 0.29) is 0 Å². The van der Waals surface area contributed by atoms with Gasteiger partial charge in [-0.05, 0) is 123 Å². The average molecular weight is 711 g/mol. The highest BCUT2D eigenvalue weighted by atomic mass is 16.5. The third kappa shape index (κ3) is 16.3. The number of ether oxygens (including phenoxy) is 1. The van der Waals surface area contributed by atoms with Gasteiger partial charge in [-0.2, -0.15) is 0 Å². The molecule has 4 aliphatic rings. The number of rotatable bonds is 26. The second kappa shape index (κ2) is 26.7. The monoisotopic (exact) mass is 711 g/mol. The maximum atomic E-state index is 6.79. The van der Waals surface area contributed by atoms with Crippen LogP contribution in [0.5, 0.6) is 0 Å². The molecule has 0 heterocycles. The summed E-state index contributed by atoms with van der Waals surface area (Å²) < 4.78 is 6.79. The van der Waals surface area contributed by atoms with Crippen LogP contribution in [0.1, 0.15) is 246 Å². The van der Waals surface area contributed by atoms with Gasteiger partial charge in [0.2, 0.25) is 0 Å². The third-order valence-corrected chi connectivity index (χ3v) is 16.0. The molecule has 0 radical (unpaired) electrons. The second-order valence-electron chi connectivity index (χ2n) is 19.6. The van der Waals surface area contributed by atoms with E-state index in [0.717, 1.165) is 72.4 Å². The molecule has 4 saturated carbocycles. The van der Waals surface area contributed by atoms with Gasteiger partial charge < -0.3 is 4.74 Å².